The fourth-order valence-corrected chi connectivity index (χ4v) is 1.53. The van der Waals surface area contributed by atoms with Crippen molar-refractivity contribution in [2.24, 2.45) is 11.1 Å². The molecule has 0 aliphatic heterocycles. The van der Waals surface area contributed by atoms with Gasteiger partial charge in [0, 0.05) is 5.56 Å². The van der Waals surface area contributed by atoms with Crippen LogP contribution in [-0.2, 0) is 0 Å². The van der Waals surface area contributed by atoms with E-state index in [-0.39, 0.29) is 5.56 Å². The molecule has 0 aliphatic rings. The van der Waals surface area contributed by atoms with Crippen LogP contribution in [0, 0.1) is 17.0 Å². The summed E-state index contributed by atoms with van der Waals surface area (Å²) in [7, 11) is 0. The van der Waals surface area contributed by atoms with E-state index in [1.54, 1.807) is 20.8 Å². The molecular weight excluding hydrogens is 212 g/mol. The predicted octanol–water partition coefficient (Wildman–Crippen LogP) is 2.37. The number of nitrogens with two attached hydrogens (primary N) is 1. The van der Waals surface area contributed by atoms with Crippen molar-refractivity contribution in [1.82, 2.24) is 0 Å². The predicted molar refractivity (Wildman–Crippen MR) is 58.7 cm³/mol. The van der Waals surface area contributed by atoms with E-state index in [1.165, 1.54) is 6.07 Å². The summed E-state index contributed by atoms with van der Waals surface area (Å²) in [5.41, 5.74) is 4.90. The van der Waals surface area contributed by atoms with Crippen molar-refractivity contribution in [3.8, 4) is 0 Å². The van der Waals surface area contributed by atoms with Gasteiger partial charge >= 0.3 is 0 Å². The molecule has 1 rings (SSSR count). The Labute approximate surface area is 94.1 Å². The molecule has 0 saturated carbocycles. The summed E-state index contributed by atoms with van der Waals surface area (Å²) in [6.07, 6.45) is -1.01. The smallest absolute Gasteiger partial charge is 0.131 e. The molecule has 0 saturated heterocycles. The normalized spacial score (nSPS) is 15.9. The Bertz CT molecular complexity index is 354. The minimum atomic E-state index is -1.07. The van der Waals surface area contributed by atoms with Gasteiger partial charge in [-0.15, -0.1) is 0 Å². The van der Waals surface area contributed by atoms with Gasteiger partial charge in [0.05, 0.1) is 12.1 Å². The van der Waals surface area contributed by atoms with E-state index in [4.69, 9.17) is 5.73 Å². The van der Waals surface area contributed by atoms with Crippen molar-refractivity contribution in [2.45, 2.75) is 32.9 Å². The summed E-state index contributed by atoms with van der Waals surface area (Å²) < 4.78 is 26.8. The third-order valence-corrected chi connectivity index (χ3v) is 2.56. The number of aliphatic hydroxyl groups excluding tert-OH is 1. The number of hydrogen-bond acceptors (Lipinski definition) is 2. The standard InChI is InChI=1S/C12H17F2NO/c1-12(2,3)11(16)10(15)9-7(13)5-4-6-8(9)14/h4-6,10-11,16H,15H2,1-3H3/t10-,11-/m1/s1. The van der Waals surface area contributed by atoms with E-state index in [1.807, 2.05) is 0 Å². The summed E-state index contributed by atoms with van der Waals surface area (Å²) in [5, 5.41) is 9.90. The zero-order valence-corrected chi connectivity index (χ0v) is 9.67. The van der Waals surface area contributed by atoms with Crippen LogP contribution in [0.1, 0.15) is 32.4 Å². The first kappa shape index (κ1) is 13.1. The molecule has 0 radical (unpaired) electrons. The molecule has 0 fully saturated rings. The Hall–Kier alpha value is -1.00. The van der Waals surface area contributed by atoms with E-state index in [2.05, 4.69) is 0 Å². The SMILES string of the molecule is CC(C)(C)[C@H](O)[C@H](N)c1c(F)cccc1F. The molecule has 2 atom stereocenters. The van der Waals surface area contributed by atoms with Gasteiger partial charge in [-0.05, 0) is 17.5 Å². The van der Waals surface area contributed by atoms with Gasteiger partial charge in [0.15, 0.2) is 0 Å². The van der Waals surface area contributed by atoms with Crippen molar-refractivity contribution in [1.29, 1.82) is 0 Å². The van der Waals surface area contributed by atoms with Crippen LogP contribution in [0.5, 0.6) is 0 Å². The molecule has 4 heteroatoms. The molecular formula is C12H17F2NO. The maximum atomic E-state index is 13.4. The van der Waals surface area contributed by atoms with Gasteiger partial charge in [-0.3, -0.25) is 0 Å². The van der Waals surface area contributed by atoms with Gasteiger partial charge in [-0.25, -0.2) is 8.78 Å². The second-order valence-electron chi connectivity index (χ2n) is 4.97. The molecule has 1 aromatic carbocycles. The number of halogens is 2. The Kier molecular flexibility index (Phi) is 3.65. The average molecular weight is 229 g/mol. The van der Waals surface area contributed by atoms with Crippen LogP contribution in [0.2, 0.25) is 0 Å². The zero-order chi connectivity index (χ0) is 12.5. The maximum absolute atomic E-state index is 13.4. The summed E-state index contributed by atoms with van der Waals surface area (Å²) in [6, 6.07) is 2.47. The zero-order valence-electron chi connectivity index (χ0n) is 9.67. The highest BCUT2D eigenvalue weighted by Crippen LogP contribution is 2.30. The first-order valence-electron chi connectivity index (χ1n) is 5.12. The van der Waals surface area contributed by atoms with E-state index in [0.717, 1.165) is 12.1 Å². The molecule has 0 heterocycles. The topological polar surface area (TPSA) is 46.2 Å². The van der Waals surface area contributed by atoms with Crippen molar-refractivity contribution in [3.63, 3.8) is 0 Å². The monoisotopic (exact) mass is 229 g/mol. The van der Waals surface area contributed by atoms with Crippen LogP contribution in [0.4, 0.5) is 8.78 Å². The second-order valence-corrected chi connectivity index (χ2v) is 4.97. The molecule has 0 amide bonds. The summed E-state index contributed by atoms with van der Waals surface area (Å²) in [6.45, 7) is 5.28. The number of hydrogen-bond donors (Lipinski definition) is 2. The highest BCUT2D eigenvalue weighted by Gasteiger charge is 2.32. The van der Waals surface area contributed by atoms with E-state index < -0.39 is 29.2 Å². The number of benzene rings is 1. The minimum absolute atomic E-state index is 0.259. The Morgan fingerprint density at radius 3 is 2.00 bits per heavy atom. The largest absolute Gasteiger partial charge is 0.391 e. The third kappa shape index (κ3) is 2.57. The lowest BCUT2D eigenvalue weighted by Gasteiger charge is -2.31. The maximum Gasteiger partial charge on any atom is 0.131 e. The van der Waals surface area contributed by atoms with Crippen LogP contribution in [0.3, 0.4) is 0 Å². The quantitative estimate of drug-likeness (QED) is 0.817. The molecule has 90 valence electrons. The first-order valence-corrected chi connectivity index (χ1v) is 5.12. The second kappa shape index (κ2) is 4.47. The summed E-state index contributed by atoms with van der Waals surface area (Å²) >= 11 is 0. The molecule has 1 aromatic rings. The van der Waals surface area contributed by atoms with Crippen LogP contribution in [-0.4, -0.2) is 11.2 Å². The lowest BCUT2D eigenvalue weighted by atomic mass is 9.82. The number of rotatable bonds is 2. The summed E-state index contributed by atoms with van der Waals surface area (Å²) in [4.78, 5) is 0. The van der Waals surface area contributed by atoms with Gasteiger partial charge < -0.3 is 10.8 Å². The fourth-order valence-electron chi connectivity index (χ4n) is 1.53. The molecule has 0 unspecified atom stereocenters. The van der Waals surface area contributed by atoms with E-state index in [9.17, 15) is 13.9 Å². The Balaban J connectivity index is 3.10. The average Bonchev–Trinajstić information content (AvgIpc) is 2.14. The number of aliphatic hydroxyl groups is 1. The highest BCUT2D eigenvalue weighted by molar-refractivity contribution is 5.24. The van der Waals surface area contributed by atoms with Gasteiger partial charge in [-0.1, -0.05) is 26.8 Å². The van der Waals surface area contributed by atoms with E-state index >= 15 is 0 Å². The van der Waals surface area contributed by atoms with Crippen LogP contribution >= 0.6 is 0 Å². The van der Waals surface area contributed by atoms with Crippen molar-refractivity contribution in [2.75, 3.05) is 0 Å². The van der Waals surface area contributed by atoms with Crippen LogP contribution in [0.15, 0.2) is 18.2 Å². The minimum Gasteiger partial charge on any atom is -0.391 e. The third-order valence-electron chi connectivity index (χ3n) is 2.56. The van der Waals surface area contributed by atoms with Gasteiger partial charge in [-0.2, -0.15) is 0 Å². The molecule has 16 heavy (non-hydrogen) atoms. The highest BCUT2D eigenvalue weighted by atomic mass is 19.1. The molecule has 3 N–H and O–H groups in total. The molecule has 0 aromatic heterocycles. The van der Waals surface area contributed by atoms with E-state index in [0.29, 0.717) is 0 Å². The first-order chi connectivity index (χ1) is 7.25. The molecule has 0 spiro atoms. The van der Waals surface area contributed by atoms with Gasteiger partial charge in [0.2, 0.25) is 0 Å². The Morgan fingerprint density at radius 2 is 1.62 bits per heavy atom. The Morgan fingerprint density at radius 1 is 1.19 bits per heavy atom. The lowest BCUT2D eigenvalue weighted by Crippen LogP contribution is -2.37. The fraction of sp³-hybridized carbons (Fsp3) is 0.500. The van der Waals surface area contributed by atoms with Crippen LogP contribution in [0.25, 0.3) is 0 Å². The van der Waals surface area contributed by atoms with Gasteiger partial charge in [0.25, 0.3) is 0 Å². The van der Waals surface area contributed by atoms with Crippen molar-refractivity contribution < 1.29 is 13.9 Å². The van der Waals surface area contributed by atoms with Crippen molar-refractivity contribution in [3.05, 3.63) is 35.4 Å². The summed E-state index contributed by atoms with van der Waals surface area (Å²) in [5.74, 6) is -1.45. The van der Waals surface area contributed by atoms with Crippen molar-refractivity contribution >= 4 is 0 Å². The molecule has 2 nitrogen and oxygen atoms in total. The van der Waals surface area contributed by atoms with Crippen LogP contribution < -0.4 is 5.73 Å². The van der Waals surface area contributed by atoms with Gasteiger partial charge in [0.1, 0.15) is 11.6 Å². The molecule has 0 bridgehead atoms. The molecule has 0 aliphatic carbocycles. The lowest BCUT2D eigenvalue weighted by molar-refractivity contribution is 0.0381.